The molecule has 1 aliphatic heterocycles. The highest BCUT2D eigenvalue weighted by Crippen LogP contribution is 2.42. The van der Waals surface area contributed by atoms with Crippen LogP contribution in [0.2, 0.25) is 0 Å². The van der Waals surface area contributed by atoms with E-state index in [9.17, 15) is 9.59 Å². The topological polar surface area (TPSA) is 49.4 Å². The number of thioether (sulfide) groups is 1. The second kappa shape index (κ2) is 11.0. The Hall–Kier alpha value is -4.09. The fourth-order valence-corrected chi connectivity index (χ4v) is 6.50. The maximum atomic E-state index is 13.7. The summed E-state index contributed by atoms with van der Waals surface area (Å²) in [5, 5.41) is 3.22. The quantitative estimate of drug-likeness (QED) is 0.272. The van der Waals surface area contributed by atoms with Crippen LogP contribution in [0.3, 0.4) is 0 Å². The molecular formula is C34H30N2O2S. The molecule has 0 saturated heterocycles. The maximum absolute atomic E-state index is 13.7. The number of aryl methyl sites for hydroxylation is 2. The summed E-state index contributed by atoms with van der Waals surface area (Å²) in [5.74, 6) is -0.0877. The molecule has 39 heavy (non-hydrogen) atoms. The molecular weight excluding hydrogens is 500 g/mol. The van der Waals surface area contributed by atoms with Crippen molar-refractivity contribution >= 4 is 35.3 Å². The molecule has 2 aliphatic rings. The number of hydrogen-bond donors (Lipinski definition) is 1. The zero-order valence-corrected chi connectivity index (χ0v) is 22.7. The van der Waals surface area contributed by atoms with Crippen molar-refractivity contribution < 1.29 is 9.59 Å². The fraction of sp³-hybridized carbons (Fsp3) is 0.176. The number of anilines is 1. The van der Waals surface area contributed by atoms with Gasteiger partial charge < -0.3 is 10.2 Å². The molecule has 1 heterocycles. The number of rotatable bonds is 5. The van der Waals surface area contributed by atoms with Crippen molar-refractivity contribution in [1.29, 1.82) is 0 Å². The van der Waals surface area contributed by atoms with E-state index in [4.69, 9.17) is 0 Å². The predicted molar refractivity (Wildman–Crippen MR) is 159 cm³/mol. The summed E-state index contributed by atoms with van der Waals surface area (Å²) >= 11 is 1.50. The number of carbonyl (C=O) groups excluding carboxylic acids is 2. The van der Waals surface area contributed by atoms with Crippen LogP contribution in [-0.2, 0) is 17.8 Å². The molecule has 6 rings (SSSR count). The number of para-hydroxylation sites is 1. The van der Waals surface area contributed by atoms with Crippen LogP contribution >= 0.6 is 11.8 Å². The highest BCUT2D eigenvalue weighted by Gasteiger charge is 2.29. The standard InChI is InChI=1S/C34H30N2O2S/c1-23-8-6-9-25(20-23)22-36-30-14-4-5-15-31(30)39-32(34(36)38)21-24-16-18-27(19-17-24)33(37)35-29-13-7-11-26-10-2-3-12-28(26)29/h2-6,8-10,12,14-21,29H,7,11,13,22H2,1H3,(H,35,37). The van der Waals surface area contributed by atoms with E-state index < -0.39 is 0 Å². The fourth-order valence-electron chi connectivity index (χ4n) is 5.44. The summed E-state index contributed by atoms with van der Waals surface area (Å²) in [6.45, 7) is 2.58. The lowest BCUT2D eigenvalue weighted by molar-refractivity contribution is -0.114. The van der Waals surface area contributed by atoms with Crippen LogP contribution in [0.1, 0.15) is 57.1 Å². The Labute approximate surface area is 233 Å². The molecule has 1 atom stereocenters. The Morgan fingerprint density at radius 1 is 0.974 bits per heavy atom. The molecule has 4 aromatic carbocycles. The first-order chi connectivity index (χ1) is 19.0. The van der Waals surface area contributed by atoms with Gasteiger partial charge in [0.2, 0.25) is 0 Å². The van der Waals surface area contributed by atoms with Gasteiger partial charge in [0.25, 0.3) is 11.8 Å². The zero-order chi connectivity index (χ0) is 26.8. The summed E-state index contributed by atoms with van der Waals surface area (Å²) in [6, 6.07) is 32.2. The van der Waals surface area contributed by atoms with Gasteiger partial charge in [0, 0.05) is 10.5 Å². The number of nitrogens with zero attached hydrogens (tertiary/aromatic N) is 1. The van der Waals surface area contributed by atoms with Crippen LogP contribution in [0.5, 0.6) is 0 Å². The smallest absolute Gasteiger partial charge is 0.265 e. The number of nitrogens with one attached hydrogen (secondary N) is 1. The molecule has 0 spiro atoms. The number of benzene rings is 4. The second-order valence-electron chi connectivity index (χ2n) is 10.2. The summed E-state index contributed by atoms with van der Waals surface area (Å²) in [5.41, 5.74) is 7.26. The van der Waals surface area contributed by atoms with E-state index in [0.717, 1.165) is 41.0 Å². The minimum absolute atomic E-state index is 0.0158. The molecule has 5 heteroatoms. The Bertz CT molecular complexity index is 1570. The van der Waals surface area contributed by atoms with Gasteiger partial charge in [-0.2, -0.15) is 0 Å². The maximum Gasteiger partial charge on any atom is 0.265 e. The minimum atomic E-state index is -0.0720. The predicted octanol–water partition coefficient (Wildman–Crippen LogP) is 7.48. The minimum Gasteiger partial charge on any atom is -0.345 e. The third kappa shape index (κ3) is 5.41. The van der Waals surface area contributed by atoms with Gasteiger partial charge in [0.05, 0.1) is 23.2 Å². The van der Waals surface area contributed by atoms with Crippen LogP contribution in [0, 0.1) is 6.92 Å². The molecule has 4 nitrogen and oxygen atoms in total. The van der Waals surface area contributed by atoms with Crippen molar-refractivity contribution in [3.8, 4) is 0 Å². The summed E-state index contributed by atoms with van der Waals surface area (Å²) < 4.78 is 0. The Morgan fingerprint density at radius 2 is 1.77 bits per heavy atom. The lowest BCUT2D eigenvalue weighted by Gasteiger charge is -2.30. The van der Waals surface area contributed by atoms with Crippen molar-refractivity contribution in [3.63, 3.8) is 0 Å². The van der Waals surface area contributed by atoms with Crippen molar-refractivity contribution in [3.05, 3.63) is 135 Å². The van der Waals surface area contributed by atoms with Crippen LogP contribution in [-0.4, -0.2) is 11.8 Å². The first-order valence-electron chi connectivity index (χ1n) is 13.4. The first-order valence-corrected chi connectivity index (χ1v) is 14.2. The summed E-state index contributed by atoms with van der Waals surface area (Å²) in [7, 11) is 0. The summed E-state index contributed by atoms with van der Waals surface area (Å²) in [4.78, 5) is 30.3. The van der Waals surface area contributed by atoms with E-state index in [0.29, 0.717) is 17.0 Å². The van der Waals surface area contributed by atoms with E-state index >= 15 is 0 Å². The van der Waals surface area contributed by atoms with Crippen LogP contribution in [0.4, 0.5) is 5.69 Å². The molecule has 0 radical (unpaired) electrons. The molecule has 2 amide bonds. The Kier molecular flexibility index (Phi) is 7.08. The van der Waals surface area contributed by atoms with Gasteiger partial charge in [-0.1, -0.05) is 90.1 Å². The SMILES string of the molecule is Cc1cccc(CN2C(=O)C(=Cc3ccc(C(=O)NC4CCCc5ccccc54)cc3)Sc3ccccc32)c1. The molecule has 0 saturated carbocycles. The van der Waals surface area contributed by atoms with Crippen molar-refractivity contribution in [2.24, 2.45) is 0 Å². The normalized spacial score (nSPS) is 17.5. The summed E-state index contributed by atoms with van der Waals surface area (Å²) in [6.07, 6.45) is 5.01. The van der Waals surface area contributed by atoms with Gasteiger partial charge in [-0.25, -0.2) is 0 Å². The molecule has 0 fully saturated rings. The second-order valence-corrected chi connectivity index (χ2v) is 11.3. The number of hydrogen-bond acceptors (Lipinski definition) is 3. The van der Waals surface area contributed by atoms with Crippen LogP contribution in [0.15, 0.2) is 107 Å². The van der Waals surface area contributed by atoms with E-state index in [1.54, 1.807) is 0 Å². The monoisotopic (exact) mass is 530 g/mol. The first kappa shape index (κ1) is 25.2. The van der Waals surface area contributed by atoms with Crippen LogP contribution in [0.25, 0.3) is 6.08 Å². The van der Waals surface area contributed by atoms with Crippen molar-refractivity contribution in [2.75, 3.05) is 4.90 Å². The van der Waals surface area contributed by atoms with Gasteiger partial charge in [-0.05, 0) is 78.8 Å². The van der Waals surface area contributed by atoms with Gasteiger partial charge >= 0.3 is 0 Å². The van der Waals surface area contributed by atoms with Crippen LogP contribution < -0.4 is 10.2 Å². The Balaban J connectivity index is 1.21. The van der Waals surface area contributed by atoms with Gasteiger partial charge in [0.1, 0.15) is 0 Å². The molecule has 0 bridgehead atoms. The van der Waals surface area contributed by atoms with Gasteiger partial charge in [-0.15, -0.1) is 0 Å². The third-order valence-electron chi connectivity index (χ3n) is 7.40. The highest BCUT2D eigenvalue weighted by atomic mass is 32.2. The molecule has 1 aliphatic carbocycles. The van der Waals surface area contributed by atoms with Crippen molar-refractivity contribution in [1.82, 2.24) is 5.32 Å². The van der Waals surface area contributed by atoms with E-state index in [2.05, 4.69) is 54.7 Å². The number of amides is 2. The number of fused-ring (bicyclic) bond motifs is 2. The average Bonchev–Trinajstić information content (AvgIpc) is 2.96. The number of carbonyl (C=O) groups is 2. The van der Waals surface area contributed by atoms with Gasteiger partial charge in [-0.3, -0.25) is 9.59 Å². The molecule has 0 aromatic heterocycles. The molecule has 194 valence electrons. The lowest BCUT2D eigenvalue weighted by Crippen LogP contribution is -2.33. The van der Waals surface area contributed by atoms with Gasteiger partial charge in [0.15, 0.2) is 0 Å². The van der Waals surface area contributed by atoms with E-state index in [1.165, 1.54) is 28.5 Å². The highest BCUT2D eigenvalue weighted by molar-refractivity contribution is 8.04. The zero-order valence-electron chi connectivity index (χ0n) is 21.9. The lowest BCUT2D eigenvalue weighted by atomic mass is 9.87. The Morgan fingerprint density at radius 3 is 2.62 bits per heavy atom. The van der Waals surface area contributed by atoms with E-state index in [-0.39, 0.29) is 17.9 Å². The molecule has 1 N–H and O–H groups in total. The van der Waals surface area contributed by atoms with E-state index in [1.807, 2.05) is 65.6 Å². The van der Waals surface area contributed by atoms with Crippen molar-refractivity contribution in [2.45, 2.75) is 43.7 Å². The molecule has 1 unspecified atom stereocenters. The third-order valence-corrected chi connectivity index (χ3v) is 8.48. The molecule has 4 aromatic rings. The largest absolute Gasteiger partial charge is 0.345 e. The average molecular weight is 531 g/mol.